The summed E-state index contributed by atoms with van der Waals surface area (Å²) in [6.07, 6.45) is 0. The summed E-state index contributed by atoms with van der Waals surface area (Å²) < 4.78 is 12.7. The van der Waals surface area contributed by atoms with E-state index in [9.17, 15) is 0 Å². The number of hydrogen-bond acceptors (Lipinski definition) is 4. The molecule has 7 aromatic rings. The van der Waals surface area contributed by atoms with Gasteiger partial charge in [0.25, 0.3) is 6.71 Å². The summed E-state index contributed by atoms with van der Waals surface area (Å²) in [5.41, 5.74) is 14.0. The molecule has 4 nitrogen and oxygen atoms in total. The number of fused-ring (bicyclic) bond motifs is 7. The lowest BCUT2D eigenvalue weighted by Gasteiger charge is -2.45. The molecule has 0 aliphatic carbocycles. The Hall–Kier alpha value is -5.68. The van der Waals surface area contributed by atoms with Gasteiger partial charge in [0, 0.05) is 33.7 Å². The number of aryl methyl sites for hydroxylation is 1. The van der Waals surface area contributed by atoms with Crippen molar-refractivity contribution in [3.05, 3.63) is 139 Å². The van der Waals surface area contributed by atoms with Crippen molar-refractivity contribution in [1.29, 1.82) is 0 Å². The van der Waals surface area contributed by atoms with Gasteiger partial charge >= 0.3 is 0 Å². The zero-order chi connectivity index (χ0) is 28.9. The molecule has 3 aliphatic rings. The first-order valence-electron chi connectivity index (χ1n) is 15.1. The average molecular weight is 564 g/mol. The van der Waals surface area contributed by atoms with Crippen LogP contribution in [-0.4, -0.2) is 6.71 Å². The zero-order valence-electron chi connectivity index (χ0n) is 24.0. The van der Waals surface area contributed by atoms with Crippen LogP contribution in [0.5, 0.6) is 11.5 Å². The van der Waals surface area contributed by atoms with E-state index in [0.29, 0.717) is 0 Å². The predicted molar refractivity (Wildman–Crippen MR) is 180 cm³/mol. The first-order chi connectivity index (χ1) is 21.7. The Kier molecular flexibility index (Phi) is 4.70. The molecular formula is C39H25BN2O2. The molecule has 0 saturated carbocycles. The van der Waals surface area contributed by atoms with Crippen LogP contribution in [0.15, 0.2) is 138 Å². The van der Waals surface area contributed by atoms with E-state index in [4.69, 9.17) is 9.15 Å². The highest BCUT2D eigenvalue weighted by atomic mass is 16.5. The Bertz CT molecular complexity index is 2270. The van der Waals surface area contributed by atoms with Crippen LogP contribution in [0.1, 0.15) is 5.56 Å². The molecule has 0 spiro atoms. The minimum absolute atomic E-state index is 0.0854. The van der Waals surface area contributed by atoms with Gasteiger partial charge in [0.1, 0.15) is 11.3 Å². The van der Waals surface area contributed by atoms with Crippen LogP contribution in [0.4, 0.5) is 34.1 Å². The number of anilines is 6. The topological polar surface area (TPSA) is 28.9 Å². The Morgan fingerprint density at radius 1 is 0.568 bits per heavy atom. The maximum Gasteiger partial charge on any atom is 0.252 e. The molecule has 0 fully saturated rings. The van der Waals surface area contributed by atoms with E-state index in [1.807, 2.05) is 24.3 Å². The van der Waals surface area contributed by atoms with Crippen LogP contribution in [0.2, 0.25) is 0 Å². The lowest BCUT2D eigenvalue weighted by atomic mass is 9.33. The lowest BCUT2D eigenvalue weighted by Crippen LogP contribution is -2.61. The van der Waals surface area contributed by atoms with Gasteiger partial charge < -0.3 is 19.0 Å². The molecule has 6 aromatic carbocycles. The summed E-state index contributed by atoms with van der Waals surface area (Å²) in [4.78, 5) is 4.83. The SMILES string of the molecule is Cc1ccc2c(c1)B1c3cccc4c3N(c3ccccc3O4)c3cccc(c31)N2c1ccc(-c2cc3ccccc3o2)cc1. The molecule has 0 bridgehead atoms. The molecule has 4 heterocycles. The molecule has 1 aromatic heterocycles. The maximum absolute atomic E-state index is 6.49. The quantitative estimate of drug-likeness (QED) is 0.197. The van der Waals surface area contributed by atoms with E-state index in [1.165, 1.54) is 39.0 Å². The number of benzene rings is 6. The first-order valence-corrected chi connectivity index (χ1v) is 15.1. The van der Waals surface area contributed by atoms with Gasteiger partial charge in [-0.15, -0.1) is 0 Å². The third-order valence-electron chi connectivity index (χ3n) is 9.29. The highest BCUT2D eigenvalue weighted by Crippen LogP contribution is 2.52. The highest BCUT2D eigenvalue weighted by molar-refractivity contribution is 7.00. The Morgan fingerprint density at radius 2 is 1.32 bits per heavy atom. The number of nitrogens with zero attached hydrogens (tertiary/aromatic N) is 2. The monoisotopic (exact) mass is 564 g/mol. The average Bonchev–Trinajstić information content (AvgIpc) is 3.51. The Balaban J connectivity index is 1.19. The van der Waals surface area contributed by atoms with Crippen LogP contribution in [-0.2, 0) is 0 Å². The van der Waals surface area contributed by atoms with Gasteiger partial charge in [-0.3, -0.25) is 0 Å². The van der Waals surface area contributed by atoms with Crippen LogP contribution in [0, 0.1) is 6.92 Å². The fourth-order valence-corrected chi connectivity index (χ4v) is 7.43. The molecule has 206 valence electrons. The van der Waals surface area contributed by atoms with Crippen LogP contribution >= 0.6 is 0 Å². The van der Waals surface area contributed by atoms with Crippen molar-refractivity contribution in [2.45, 2.75) is 6.92 Å². The molecule has 10 rings (SSSR count). The van der Waals surface area contributed by atoms with Gasteiger partial charge in [0.2, 0.25) is 0 Å². The summed E-state index contributed by atoms with van der Waals surface area (Å²) in [5.74, 6) is 2.65. The highest BCUT2D eigenvalue weighted by Gasteiger charge is 2.45. The van der Waals surface area contributed by atoms with Crippen molar-refractivity contribution in [1.82, 2.24) is 0 Å². The van der Waals surface area contributed by atoms with Crippen molar-refractivity contribution < 1.29 is 9.15 Å². The molecule has 0 saturated heterocycles. The van der Waals surface area contributed by atoms with E-state index in [0.717, 1.165) is 50.9 Å². The van der Waals surface area contributed by atoms with Crippen LogP contribution < -0.4 is 30.9 Å². The van der Waals surface area contributed by atoms with E-state index < -0.39 is 0 Å². The molecule has 0 unspecified atom stereocenters. The van der Waals surface area contributed by atoms with E-state index in [1.54, 1.807) is 0 Å². The van der Waals surface area contributed by atoms with Crippen molar-refractivity contribution >= 4 is 68.2 Å². The molecule has 0 amide bonds. The minimum atomic E-state index is 0.0854. The summed E-state index contributed by atoms with van der Waals surface area (Å²) in [5, 5.41) is 1.11. The molecule has 0 atom stereocenters. The van der Waals surface area contributed by atoms with Crippen molar-refractivity contribution in [3.8, 4) is 22.8 Å². The van der Waals surface area contributed by atoms with Crippen molar-refractivity contribution in [2.75, 3.05) is 9.80 Å². The van der Waals surface area contributed by atoms with Crippen molar-refractivity contribution in [3.63, 3.8) is 0 Å². The van der Waals surface area contributed by atoms with Gasteiger partial charge in [-0.05, 0) is 96.1 Å². The molecule has 44 heavy (non-hydrogen) atoms. The Labute approximate surface area is 255 Å². The second-order valence-corrected chi connectivity index (χ2v) is 11.8. The van der Waals surface area contributed by atoms with Gasteiger partial charge in [0.05, 0.1) is 11.4 Å². The summed E-state index contributed by atoms with van der Waals surface area (Å²) in [6, 6.07) is 47.5. The van der Waals surface area contributed by atoms with Gasteiger partial charge in [0.15, 0.2) is 11.5 Å². The number of rotatable bonds is 2. The number of ether oxygens (including phenoxy) is 1. The zero-order valence-corrected chi connectivity index (χ0v) is 24.0. The second-order valence-electron chi connectivity index (χ2n) is 11.8. The van der Waals surface area contributed by atoms with E-state index >= 15 is 0 Å². The summed E-state index contributed by atoms with van der Waals surface area (Å²) >= 11 is 0. The number of furan rings is 1. The summed E-state index contributed by atoms with van der Waals surface area (Å²) in [7, 11) is 0. The molecule has 0 N–H and O–H groups in total. The van der Waals surface area contributed by atoms with Crippen LogP contribution in [0.3, 0.4) is 0 Å². The van der Waals surface area contributed by atoms with Gasteiger partial charge in [-0.1, -0.05) is 66.2 Å². The van der Waals surface area contributed by atoms with Gasteiger partial charge in [-0.2, -0.15) is 0 Å². The normalized spacial score (nSPS) is 13.6. The molecule has 5 heteroatoms. The first kappa shape index (κ1) is 23.8. The minimum Gasteiger partial charge on any atom is -0.456 e. The number of hydrogen-bond donors (Lipinski definition) is 0. The predicted octanol–water partition coefficient (Wildman–Crippen LogP) is 8.60. The second kappa shape index (κ2) is 8.68. The molecule has 3 aliphatic heterocycles. The van der Waals surface area contributed by atoms with Gasteiger partial charge in [-0.25, -0.2) is 0 Å². The Morgan fingerprint density at radius 3 is 2.20 bits per heavy atom. The third-order valence-corrected chi connectivity index (χ3v) is 9.29. The fraction of sp³-hybridized carbons (Fsp3) is 0.0256. The molecule has 0 radical (unpaired) electrons. The van der Waals surface area contributed by atoms with E-state index in [2.05, 4.69) is 126 Å². The molecular weight excluding hydrogens is 539 g/mol. The maximum atomic E-state index is 6.49. The van der Waals surface area contributed by atoms with E-state index in [-0.39, 0.29) is 6.71 Å². The smallest absolute Gasteiger partial charge is 0.252 e. The summed E-state index contributed by atoms with van der Waals surface area (Å²) in [6.45, 7) is 2.27. The van der Waals surface area contributed by atoms with Crippen LogP contribution in [0.25, 0.3) is 22.3 Å². The van der Waals surface area contributed by atoms with Crippen molar-refractivity contribution in [2.24, 2.45) is 0 Å². The standard InChI is InChI=1S/C39H25BN2O2/c1-24-16-21-30-29(22-24)40-28-9-6-15-36-39(28)42(31-10-3-5-14-35(31)44-36)33-12-7-11-32(38(33)40)41(30)27-19-17-25(18-20-27)37-23-26-8-2-4-13-34(26)43-37/h2-23H,1H3. The third kappa shape index (κ3) is 3.18. The number of para-hydroxylation sites is 4. The largest absolute Gasteiger partial charge is 0.456 e. The lowest BCUT2D eigenvalue weighted by molar-refractivity contribution is 0.477. The fourth-order valence-electron chi connectivity index (χ4n) is 7.43.